The fraction of sp³-hybridized carbons (Fsp3) is 0.949. The lowest BCUT2D eigenvalue weighted by atomic mass is 10.0. The number of ether oxygens (including phenoxy) is 4. The van der Waals surface area contributed by atoms with Crippen LogP contribution in [0.25, 0.3) is 0 Å². The van der Waals surface area contributed by atoms with Crippen LogP contribution in [0.15, 0.2) is 0 Å². The van der Waals surface area contributed by atoms with Gasteiger partial charge in [-0.1, -0.05) is 357 Å². The van der Waals surface area contributed by atoms with Gasteiger partial charge in [0, 0.05) is 25.7 Å². The number of rotatable bonds is 77. The second kappa shape index (κ2) is 69.4. The SMILES string of the molecule is CCCCCCCCCCCCCCCC(=O)O[C@H](COC(=O)CCCCCCCCCC(C)C)COP(=O)(O)OC[C@H](O)COP(=O)(O)OC[C@@H](COC(=O)CCCCCCCCCCCCCCCC(C)C)OC(=O)CCCCCCCCCCCCCCCCCCC(C)C. The Kier molecular flexibility index (Phi) is 68.1. The van der Waals surface area contributed by atoms with Crippen molar-refractivity contribution in [2.45, 2.75) is 426 Å². The maximum absolute atomic E-state index is 13.1. The van der Waals surface area contributed by atoms with Gasteiger partial charge in [0.25, 0.3) is 0 Å². The lowest BCUT2D eigenvalue weighted by Crippen LogP contribution is -2.30. The van der Waals surface area contributed by atoms with E-state index in [1.54, 1.807) is 0 Å². The van der Waals surface area contributed by atoms with Gasteiger partial charge in [-0.2, -0.15) is 0 Å². The molecular formula is C79H154O17P2. The van der Waals surface area contributed by atoms with Gasteiger partial charge < -0.3 is 33.8 Å². The summed E-state index contributed by atoms with van der Waals surface area (Å²) in [6.07, 6.45) is 56.9. The van der Waals surface area contributed by atoms with Crippen LogP contribution in [0.2, 0.25) is 0 Å². The number of carbonyl (C=O) groups is 4. The molecule has 0 aromatic heterocycles. The van der Waals surface area contributed by atoms with Crippen molar-refractivity contribution >= 4 is 39.5 Å². The van der Waals surface area contributed by atoms with Crippen LogP contribution in [0.5, 0.6) is 0 Å². The maximum Gasteiger partial charge on any atom is 0.472 e. The van der Waals surface area contributed by atoms with E-state index in [-0.39, 0.29) is 25.7 Å². The van der Waals surface area contributed by atoms with Gasteiger partial charge in [0.1, 0.15) is 19.3 Å². The normalized spacial score (nSPS) is 14.0. The molecule has 98 heavy (non-hydrogen) atoms. The van der Waals surface area contributed by atoms with E-state index < -0.39 is 97.5 Å². The second-order valence-electron chi connectivity index (χ2n) is 29.9. The quantitative estimate of drug-likeness (QED) is 0.0222. The van der Waals surface area contributed by atoms with Crippen LogP contribution in [0.4, 0.5) is 0 Å². The Hall–Kier alpha value is -1.94. The van der Waals surface area contributed by atoms with E-state index >= 15 is 0 Å². The average molecular weight is 1440 g/mol. The minimum atomic E-state index is -4.96. The highest BCUT2D eigenvalue weighted by atomic mass is 31.2. The molecule has 5 atom stereocenters. The smallest absolute Gasteiger partial charge is 0.462 e. The third-order valence-corrected chi connectivity index (χ3v) is 20.3. The van der Waals surface area contributed by atoms with Crippen molar-refractivity contribution in [3.8, 4) is 0 Å². The van der Waals surface area contributed by atoms with Crippen molar-refractivity contribution in [1.82, 2.24) is 0 Å². The van der Waals surface area contributed by atoms with Gasteiger partial charge in [0.15, 0.2) is 12.2 Å². The zero-order chi connectivity index (χ0) is 72.3. The summed E-state index contributed by atoms with van der Waals surface area (Å²) in [5.41, 5.74) is 0. The third-order valence-electron chi connectivity index (χ3n) is 18.4. The van der Waals surface area contributed by atoms with Crippen LogP contribution in [0, 0.1) is 17.8 Å². The molecule has 0 aromatic carbocycles. The third kappa shape index (κ3) is 72.4. The number of unbranched alkanes of at least 4 members (excludes halogenated alkanes) is 45. The van der Waals surface area contributed by atoms with E-state index in [9.17, 15) is 43.2 Å². The lowest BCUT2D eigenvalue weighted by Gasteiger charge is -2.21. The predicted octanol–water partition coefficient (Wildman–Crippen LogP) is 23.4. The molecule has 0 spiro atoms. The molecule has 0 heterocycles. The van der Waals surface area contributed by atoms with Crippen molar-refractivity contribution in [3.05, 3.63) is 0 Å². The summed E-state index contributed by atoms with van der Waals surface area (Å²) in [6.45, 7) is 11.9. The summed E-state index contributed by atoms with van der Waals surface area (Å²) in [6, 6.07) is 0. The van der Waals surface area contributed by atoms with Crippen molar-refractivity contribution in [1.29, 1.82) is 0 Å². The summed E-state index contributed by atoms with van der Waals surface area (Å²) in [7, 11) is -9.92. The van der Waals surface area contributed by atoms with E-state index in [1.165, 1.54) is 212 Å². The number of phosphoric ester groups is 2. The summed E-state index contributed by atoms with van der Waals surface area (Å²) in [4.78, 5) is 72.9. The molecule has 0 amide bonds. The monoisotopic (exact) mass is 1440 g/mol. The number of hydrogen-bond donors (Lipinski definition) is 3. The predicted molar refractivity (Wildman–Crippen MR) is 400 cm³/mol. The van der Waals surface area contributed by atoms with Crippen LogP contribution >= 0.6 is 15.6 Å². The van der Waals surface area contributed by atoms with E-state index in [0.717, 1.165) is 108 Å². The first-order valence-electron chi connectivity index (χ1n) is 40.8. The Morgan fingerprint density at radius 3 is 0.694 bits per heavy atom. The molecule has 0 bridgehead atoms. The minimum absolute atomic E-state index is 0.107. The van der Waals surface area contributed by atoms with Gasteiger partial charge in [-0.3, -0.25) is 37.3 Å². The molecule has 0 saturated carbocycles. The molecule has 0 rings (SSSR count). The Bertz CT molecular complexity index is 1900. The van der Waals surface area contributed by atoms with E-state index in [2.05, 4.69) is 48.5 Å². The van der Waals surface area contributed by atoms with Crippen LogP contribution < -0.4 is 0 Å². The van der Waals surface area contributed by atoms with Gasteiger partial charge in [-0.25, -0.2) is 9.13 Å². The Labute approximate surface area is 600 Å². The highest BCUT2D eigenvalue weighted by molar-refractivity contribution is 7.47. The maximum atomic E-state index is 13.1. The van der Waals surface area contributed by atoms with Gasteiger partial charge in [0.05, 0.1) is 26.4 Å². The van der Waals surface area contributed by atoms with E-state index in [4.69, 9.17) is 37.0 Å². The highest BCUT2D eigenvalue weighted by Gasteiger charge is 2.30. The average Bonchev–Trinajstić information content (AvgIpc) is 0.953. The molecule has 0 aliphatic heterocycles. The molecule has 0 saturated heterocycles. The van der Waals surface area contributed by atoms with Gasteiger partial charge >= 0.3 is 39.5 Å². The van der Waals surface area contributed by atoms with Gasteiger partial charge in [-0.05, 0) is 43.4 Å². The zero-order valence-corrected chi connectivity index (χ0v) is 66.0. The van der Waals surface area contributed by atoms with E-state index in [1.807, 2.05) is 0 Å². The van der Waals surface area contributed by atoms with Crippen molar-refractivity contribution in [3.63, 3.8) is 0 Å². The summed E-state index contributed by atoms with van der Waals surface area (Å²) in [5.74, 6) is 0.192. The number of hydrogen-bond acceptors (Lipinski definition) is 15. The van der Waals surface area contributed by atoms with Gasteiger partial charge in [-0.15, -0.1) is 0 Å². The molecular weight excluding hydrogens is 1280 g/mol. The molecule has 0 aromatic rings. The molecule has 17 nitrogen and oxygen atoms in total. The Morgan fingerprint density at radius 1 is 0.276 bits per heavy atom. The number of carbonyl (C=O) groups excluding carboxylic acids is 4. The first-order chi connectivity index (χ1) is 47.2. The van der Waals surface area contributed by atoms with Crippen LogP contribution in [0.1, 0.15) is 408 Å². The van der Waals surface area contributed by atoms with E-state index in [0.29, 0.717) is 31.6 Å². The fourth-order valence-corrected chi connectivity index (χ4v) is 13.7. The molecule has 0 fully saturated rings. The van der Waals surface area contributed by atoms with Crippen molar-refractivity contribution in [2.75, 3.05) is 39.6 Å². The molecule has 19 heteroatoms. The number of phosphoric acid groups is 2. The number of aliphatic hydroxyl groups excluding tert-OH is 1. The molecule has 0 aliphatic rings. The standard InChI is InChI=1S/C79H154O17P2/c1-8-9-10-11-12-13-14-20-28-33-40-48-55-62-78(83)96-75(67-90-77(82)61-54-47-42-35-38-45-52-59-72(6)7)69-94-98(87,88)92-65-73(80)64-91-97(85,86)93-68-74(66-89-76(81)60-53-46-39-32-27-24-19-22-26-31-37-44-51-58-71(4)5)95-79(84)63-56-49-41-34-29-23-18-16-15-17-21-25-30-36-43-50-57-70(2)3/h70-75,80H,8-69H2,1-7H3,(H,85,86)(H,87,88)/t73-,74-,75-/m1/s1. The summed E-state index contributed by atoms with van der Waals surface area (Å²) >= 11 is 0. The number of aliphatic hydroxyl groups is 1. The second-order valence-corrected chi connectivity index (χ2v) is 32.8. The summed E-state index contributed by atoms with van der Waals surface area (Å²) in [5, 5.41) is 10.6. The van der Waals surface area contributed by atoms with Crippen LogP contribution in [-0.4, -0.2) is 96.7 Å². The fourth-order valence-electron chi connectivity index (χ4n) is 12.1. The van der Waals surface area contributed by atoms with Crippen molar-refractivity contribution < 1.29 is 80.2 Å². The van der Waals surface area contributed by atoms with Crippen LogP contribution in [0.3, 0.4) is 0 Å². The molecule has 3 N–H and O–H groups in total. The Morgan fingerprint density at radius 2 is 0.469 bits per heavy atom. The molecule has 0 radical (unpaired) electrons. The molecule has 582 valence electrons. The zero-order valence-electron chi connectivity index (χ0n) is 64.3. The highest BCUT2D eigenvalue weighted by Crippen LogP contribution is 2.45. The largest absolute Gasteiger partial charge is 0.472 e. The lowest BCUT2D eigenvalue weighted by molar-refractivity contribution is -0.161. The topological polar surface area (TPSA) is 237 Å². The molecule has 0 aliphatic carbocycles. The van der Waals surface area contributed by atoms with Crippen molar-refractivity contribution in [2.24, 2.45) is 17.8 Å². The first kappa shape index (κ1) is 96.1. The van der Waals surface area contributed by atoms with Gasteiger partial charge in [0.2, 0.25) is 0 Å². The Balaban J connectivity index is 5.24. The number of esters is 4. The minimum Gasteiger partial charge on any atom is -0.462 e. The van der Waals surface area contributed by atoms with Crippen LogP contribution in [-0.2, 0) is 65.4 Å². The summed E-state index contributed by atoms with van der Waals surface area (Å²) < 4.78 is 68.6. The molecule has 2 unspecified atom stereocenters. The first-order valence-corrected chi connectivity index (χ1v) is 43.8.